The van der Waals surface area contributed by atoms with Gasteiger partial charge in [-0.05, 0) is 194 Å². The van der Waals surface area contributed by atoms with E-state index in [1.807, 2.05) is 91.0 Å². The van der Waals surface area contributed by atoms with Crippen LogP contribution in [0.5, 0.6) is 0 Å². The normalized spacial score (nSPS) is 11.2. The number of hydrogen-bond acceptors (Lipinski definition) is 7. The molecule has 140 heavy (non-hydrogen) atoms. The minimum Gasteiger partial charge on any atom is -0.356 e. The summed E-state index contributed by atoms with van der Waals surface area (Å²) in [6.45, 7) is 0. The van der Waals surface area contributed by atoms with Gasteiger partial charge in [-0.1, -0.05) is 366 Å². The zero-order chi connectivity index (χ0) is 93.6. The third-order valence-corrected chi connectivity index (χ3v) is 26.8. The average molecular weight is 1930 g/mol. The van der Waals surface area contributed by atoms with Crippen LogP contribution < -0.4 is 15.1 Å². The number of nitrogens with one attached hydrogen (secondary N) is 1. The maximum absolute atomic E-state index is 5.66. The zero-order valence-corrected chi connectivity index (χ0v) is 79.2. The van der Waals surface area contributed by atoms with Gasteiger partial charge >= 0.3 is 0 Å². The predicted octanol–water partition coefficient (Wildman–Crippen LogP) is 35.5. The van der Waals surface area contributed by atoms with Crippen LogP contribution in [0.3, 0.4) is 0 Å². The monoisotopic (exact) mass is 1920 g/mol. The molecule has 0 spiro atoms. The summed E-state index contributed by atoms with van der Waals surface area (Å²) in [6.07, 6.45) is 0. The van der Waals surface area contributed by atoms with Crippen LogP contribution in [0.1, 0.15) is 0 Å². The molecule has 1 N–H and O–H groups in total. The molecular weight excluding hydrogens is 1840 g/mol. The Hall–Kier alpha value is -17.7. The van der Waals surface area contributed by atoms with Gasteiger partial charge in [-0.25, -0.2) is 19.9 Å². The standard InChI is InChI=1S/C76H52N6.C28H18Br2N2.C24H18N2/c1-5-21-53(22-6-1)73-74(54-23-7-2-8-24-54)78-76(56-39-43-60(44-40-56)80(58-27-11-4-12-28-58)62-47-51-64(52-48-62)82-71-35-19-15-31-67(71)68-32-16-20-36-72(68)82)75(77-73)55-37-41-59(42-38-55)79(57-25-9-3-10-26-57)61-45-49-63(50-46-61)81-69-33-17-13-29-65(69)66-30-14-18-34-70(66)81;29-23-15-11-21(12-16-23)27-28(22-13-17-24(30)18-14-22)32-26(20-9-5-2-6-10-20)25(31-27)19-7-3-1-4-8-19;1-2-8-18(9-3-1)25-19-14-16-20(17-15-19)26-23-12-6-4-10-21(23)22-11-5-7-13-24(22)26/h1-52H;1-18H;1-17,25H. The van der Waals surface area contributed by atoms with E-state index in [-0.39, 0.29) is 0 Å². The second kappa shape index (κ2) is 39.0. The number of hydrogen-bond donors (Lipinski definition) is 1. The number of rotatable bonds is 19. The first-order valence-electron chi connectivity index (χ1n) is 46.9. The highest BCUT2D eigenvalue weighted by Crippen LogP contribution is 2.46. The van der Waals surface area contributed by atoms with E-state index in [0.717, 1.165) is 156 Å². The lowest BCUT2D eigenvalue weighted by atomic mass is 9.99. The van der Waals surface area contributed by atoms with Gasteiger partial charge in [-0.15, -0.1) is 0 Å². The van der Waals surface area contributed by atoms with Crippen LogP contribution in [0.15, 0.2) is 537 Å². The number of benzene rings is 20. The fraction of sp³-hybridized carbons (Fsp3) is 0. The van der Waals surface area contributed by atoms with Crippen LogP contribution in [0.25, 0.3) is 173 Å². The summed E-state index contributed by atoms with van der Waals surface area (Å²) in [5.41, 5.74) is 33.7. The first-order valence-corrected chi connectivity index (χ1v) is 48.4. The molecular formula is C128H88Br2N10. The second-order valence-electron chi connectivity index (χ2n) is 34.3. The maximum Gasteiger partial charge on any atom is 0.0973 e. The minimum atomic E-state index is 0.792. The zero-order valence-electron chi connectivity index (χ0n) is 76.0. The summed E-state index contributed by atoms with van der Waals surface area (Å²) >= 11 is 7.08. The van der Waals surface area contributed by atoms with Gasteiger partial charge in [0.15, 0.2) is 0 Å². The Labute approximate surface area is 829 Å². The molecule has 0 radical (unpaired) electrons. The molecule has 664 valence electrons. The smallest absolute Gasteiger partial charge is 0.0973 e. The Kier molecular flexibility index (Phi) is 24.1. The molecule has 0 atom stereocenters. The molecule has 25 rings (SSSR count). The van der Waals surface area contributed by atoms with Crippen molar-refractivity contribution in [2.75, 3.05) is 15.1 Å². The van der Waals surface area contributed by atoms with E-state index >= 15 is 0 Å². The third-order valence-electron chi connectivity index (χ3n) is 25.7. The lowest BCUT2D eigenvalue weighted by Crippen LogP contribution is -2.10. The molecule has 0 saturated heterocycles. The summed E-state index contributed by atoms with van der Waals surface area (Å²) < 4.78 is 9.12. The molecule has 0 fully saturated rings. The fourth-order valence-electron chi connectivity index (χ4n) is 19.2. The molecule has 0 aliphatic heterocycles. The van der Waals surface area contributed by atoms with Crippen molar-refractivity contribution in [2.24, 2.45) is 0 Å². The summed E-state index contributed by atoms with van der Waals surface area (Å²) in [6, 6.07) is 185. The molecule has 10 nitrogen and oxygen atoms in total. The molecule has 0 unspecified atom stereocenters. The lowest BCUT2D eigenvalue weighted by Gasteiger charge is -2.26. The van der Waals surface area contributed by atoms with Crippen molar-refractivity contribution in [1.29, 1.82) is 0 Å². The molecule has 20 aromatic carbocycles. The number of halogens is 2. The fourth-order valence-corrected chi connectivity index (χ4v) is 19.7. The van der Waals surface area contributed by atoms with E-state index in [1.165, 1.54) is 71.1 Å². The van der Waals surface area contributed by atoms with E-state index in [9.17, 15) is 0 Å². The van der Waals surface area contributed by atoms with Crippen LogP contribution in [0, 0.1) is 0 Å². The van der Waals surface area contributed by atoms with Crippen LogP contribution in [-0.2, 0) is 0 Å². The van der Waals surface area contributed by atoms with Gasteiger partial charge in [0.25, 0.3) is 0 Å². The van der Waals surface area contributed by atoms with Crippen LogP contribution in [-0.4, -0.2) is 33.6 Å². The molecule has 0 amide bonds. The van der Waals surface area contributed by atoms with Crippen molar-refractivity contribution >= 4 is 143 Å². The van der Waals surface area contributed by atoms with Gasteiger partial charge in [0.2, 0.25) is 0 Å². The van der Waals surface area contributed by atoms with Crippen LogP contribution in [0.2, 0.25) is 0 Å². The van der Waals surface area contributed by atoms with E-state index in [2.05, 4.69) is 497 Å². The highest BCUT2D eigenvalue weighted by molar-refractivity contribution is 9.10. The van der Waals surface area contributed by atoms with Crippen LogP contribution in [0.4, 0.5) is 45.5 Å². The third kappa shape index (κ3) is 17.3. The first kappa shape index (κ1) is 86.4. The van der Waals surface area contributed by atoms with Gasteiger partial charge < -0.3 is 28.8 Å². The van der Waals surface area contributed by atoms with Gasteiger partial charge in [-0.3, -0.25) is 0 Å². The summed E-state index contributed by atoms with van der Waals surface area (Å²) in [4.78, 5) is 26.4. The Morgan fingerprint density at radius 2 is 0.329 bits per heavy atom. The maximum atomic E-state index is 5.66. The van der Waals surface area contributed by atoms with E-state index in [0.29, 0.717) is 0 Å². The van der Waals surface area contributed by atoms with Crippen LogP contribution >= 0.6 is 31.9 Å². The number of para-hydroxylation sites is 9. The number of anilines is 8. The summed E-state index contributed by atoms with van der Waals surface area (Å²) in [5.74, 6) is 0. The Bertz CT molecular complexity index is 8120. The highest BCUT2D eigenvalue weighted by Gasteiger charge is 2.26. The molecule has 5 aromatic heterocycles. The van der Waals surface area contributed by atoms with Crippen molar-refractivity contribution in [3.63, 3.8) is 0 Å². The van der Waals surface area contributed by atoms with Crippen molar-refractivity contribution in [1.82, 2.24) is 33.6 Å². The van der Waals surface area contributed by atoms with Crippen molar-refractivity contribution in [3.8, 4) is 107 Å². The predicted molar refractivity (Wildman–Crippen MR) is 592 cm³/mol. The first-order chi connectivity index (χ1) is 69.3. The quantitative estimate of drug-likeness (QED) is 0.0863. The number of aromatic nitrogens is 7. The SMILES string of the molecule is Brc1ccc(-c2nc(-c3ccccc3)c(-c3ccccc3)nc2-c2ccc(Br)cc2)cc1.c1ccc(-c2nc(-c3ccc(N(c4ccccc4)c4ccc(-n5c6ccccc6c6ccccc65)cc4)cc3)c(-c3ccc(N(c4ccccc4)c4ccc(-n5c6ccccc6c6ccccc65)cc4)cc3)nc2-c2ccccc2)cc1.c1ccc(Nc2ccc(-n3c4ccccc4c4ccccc43)cc2)cc1. The van der Waals surface area contributed by atoms with Gasteiger partial charge in [0, 0.05) is 148 Å². The van der Waals surface area contributed by atoms with Gasteiger partial charge in [0.1, 0.15) is 0 Å². The lowest BCUT2D eigenvalue weighted by molar-refractivity contribution is 1.17. The van der Waals surface area contributed by atoms with Gasteiger partial charge in [0.05, 0.1) is 78.7 Å². The number of nitrogens with zero attached hydrogens (tertiary/aromatic N) is 9. The van der Waals surface area contributed by atoms with Crippen molar-refractivity contribution in [3.05, 3.63) is 537 Å². The Morgan fingerprint density at radius 1 is 0.157 bits per heavy atom. The molecule has 25 aromatic rings. The highest BCUT2D eigenvalue weighted by atomic mass is 79.9. The molecule has 5 heterocycles. The molecule has 0 aliphatic rings. The molecule has 0 bridgehead atoms. The molecule has 12 heteroatoms. The topological polar surface area (TPSA) is 84.9 Å². The molecule has 0 aliphatic carbocycles. The van der Waals surface area contributed by atoms with Crippen molar-refractivity contribution in [2.45, 2.75) is 0 Å². The van der Waals surface area contributed by atoms with Crippen molar-refractivity contribution < 1.29 is 0 Å². The largest absolute Gasteiger partial charge is 0.356 e. The minimum absolute atomic E-state index is 0.792. The van der Waals surface area contributed by atoms with E-state index in [1.54, 1.807) is 0 Å². The van der Waals surface area contributed by atoms with E-state index in [4.69, 9.17) is 19.9 Å². The summed E-state index contributed by atoms with van der Waals surface area (Å²) in [5, 5.41) is 11.0. The number of fused-ring (bicyclic) bond motifs is 9. The second-order valence-corrected chi connectivity index (χ2v) is 36.2. The van der Waals surface area contributed by atoms with Gasteiger partial charge in [-0.2, -0.15) is 0 Å². The Balaban J connectivity index is 0.000000152. The summed E-state index contributed by atoms with van der Waals surface area (Å²) in [7, 11) is 0. The average Bonchev–Trinajstić information content (AvgIpc) is 1.58. The molecule has 0 saturated carbocycles. The van der Waals surface area contributed by atoms with E-state index < -0.39 is 0 Å². The Morgan fingerprint density at radius 3 is 0.571 bits per heavy atom.